The zero-order chi connectivity index (χ0) is 11.8. The number of H-pyrrole nitrogens is 1. The first kappa shape index (κ1) is 11.1. The Hall–Kier alpha value is -1.37. The highest BCUT2D eigenvalue weighted by Gasteiger charge is 2.38. The average Bonchev–Trinajstić information content (AvgIpc) is 2.76. The Bertz CT molecular complexity index is 483. The molecule has 2 heterocycles. The van der Waals surface area contributed by atoms with Crippen molar-refractivity contribution in [2.24, 2.45) is 0 Å². The molecule has 0 spiro atoms. The largest absolute Gasteiger partial charge is 0.367 e. The van der Waals surface area contributed by atoms with E-state index in [0.29, 0.717) is 6.54 Å². The number of nitrogens with one attached hydrogen (secondary N) is 1. The van der Waals surface area contributed by atoms with E-state index in [1.54, 1.807) is 18.5 Å². The van der Waals surface area contributed by atoms with Crippen LogP contribution in [0.1, 0.15) is 12.0 Å². The molecule has 1 unspecified atom stereocenters. The predicted molar refractivity (Wildman–Crippen MR) is 54.6 cm³/mol. The van der Waals surface area contributed by atoms with E-state index in [1.165, 1.54) is 4.90 Å². The SMILES string of the molecule is O=C1CC(S(=O)(=O)F)CN1Cc1cc[nH]c1. The molecular weight excluding hydrogens is 235 g/mol. The van der Waals surface area contributed by atoms with Crippen LogP contribution in [0.2, 0.25) is 0 Å². The lowest BCUT2D eigenvalue weighted by Crippen LogP contribution is -2.26. The third-order valence-corrected chi connectivity index (χ3v) is 3.73. The Balaban J connectivity index is 2.06. The van der Waals surface area contributed by atoms with Crippen molar-refractivity contribution in [1.82, 2.24) is 9.88 Å². The molecule has 0 aliphatic carbocycles. The summed E-state index contributed by atoms with van der Waals surface area (Å²) >= 11 is 0. The van der Waals surface area contributed by atoms with Crippen LogP contribution >= 0.6 is 0 Å². The highest BCUT2D eigenvalue weighted by molar-refractivity contribution is 7.87. The smallest absolute Gasteiger partial charge is 0.307 e. The molecule has 2 rings (SSSR count). The highest BCUT2D eigenvalue weighted by Crippen LogP contribution is 2.21. The summed E-state index contributed by atoms with van der Waals surface area (Å²) in [6, 6.07) is 1.78. The second-order valence-electron chi connectivity index (χ2n) is 3.80. The predicted octanol–water partition coefficient (Wildman–Crippen LogP) is 0.415. The number of likely N-dealkylation sites (tertiary alicyclic amines) is 1. The maximum atomic E-state index is 12.7. The summed E-state index contributed by atoms with van der Waals surface area (Å²) in [6.45, 7) is 0.247. The maximum Gasteiger partial charge on any atom is 0.307 e. The highest BCUT2D eigenvalue weighted by atomic mass is 32.3. The van der Waals surface area contributed by atoms with Crippen molar-refractivity contribution in [2.75, 3.05) is 6.54 Å². The lowest BCUT2D eigenvalue weighted by molar-refractivity contribution is -0.128. The van der Waals surface area contributed by atoms with Crippen LogP contribution in [0.15, 0.2) is 18.5 Å². The quantitative estimate of drug-likeness (QED) is 0.785. The Kier molecular flexibility index (Phi) is 2.71. The van der Waals surface area contributed by atoms with Gasteiger partial charge in [0.2, 0.25) is 5.91 Å². The third kappa shape index (κ3) is 2.24. The molecule has 88 valence electrons. The van der Waals surface area contributed by atoms with Gasteiger partial charge >= 0.3 is 10.2 Å². The number of hydrogen-bond acceptors (Lipinski definition) is 3. The van der Waals surface area contributed by atoms with E-state index in [1.807, 2.05) is 0 Å². The van der Waals surface area contributed by atoms with Gasteiger partial charge in [-0.2, -0.15) is 8.42 Å². The lowest BCUT2D eigenvalue weighted by Gasteiger charge is -2.14. The number of aromatic nitrogens is 1. The van der Waals surface area contributed by atoms with Gasteiger partial charge in [0.15, 0.2) is 0 Å². The fraction of sp³-hybridized carbons (Fsp3) is 0.444. The molecule has 1 aliphatic rings. The van der Waals surface area contributed by atoms with E-state index in [4.69, 9.17) is 0 Å². The molecular formula is C9H11FN2O3S. The van der Waals surface area contributed by atoms with Crippen LogP contribution in [0, 0.1) is 0 Å². The van der Waals surface area contributed by atoms with E-state index in [9.17, 15) is 17.1 Å². The number of nitrogens with zero attached hydrogens (tertiary/aromatic N) is 1. The summed E-state index contributed by atoms with van der Waals surface area (Å²) < 4.78 is 34.1. The van der Waals surface area contributed by atoms with Crippen molar-refractivity contribution < 1.29 is 17.1 Å². The standard InChI is InChI=1S/C9H11FN2O3S/c10-16(14,15)8-3-9(13)12(6-8)5-7-1-2-11-4-7/h1-2,4,8,11H,3,5-6H2. The number of carbonyl (C=O) groups is 1. The first-order chi connectivity index (χ1) is 7.47. The van der Waals surface area contributed by atoms with Crippen LogP contribution in [-0.4, -0.2) is 36.0 Å². The molecule has 1 N–H and O–H groups in total. The number of rotatable bonds is 3. The number of amides is 1. The minimum Gasteiger partial charge on any atom is -0.367 e. The zero-order valence-corrected chi connectivity index (χ0v) is 9.21. The minimum atomic E-state index is -4.62. The fourth-order valence-corrected chi connectivity index (χ4v) is 2.45. The van der Waals surface area contributed by atoms with Crippen molar-refractivity contribution >= 4 is 16.1 Å². The summed E-state index contributed by atoms with van der Waals surface area (Å²) in [5, 5.41) is -1.21. The van der Waals surface area contributed by atoms with E-state index >= 15 is 0 Å². The maximum absolute atomic E-state index is 12.7. The molecule has 7 heteroatoms. The average molecular weight is 246 g/mol. The number of halogens is 1. The number of aromatic amines is 1. The Labute approximate surface area is 92.5 Å². The van der Waals surface area contributed by atoms with Gasteiger partial charge in [-0.25, -0.2) is 0 Å². The molecule has 1 amide bonds. The first-order valence-corrected chi connectivity index (χ1v) is 6.24. The molecule has 1 saturated heterocycles. The molecule has 0 bridgehead atoms. The molecule has 5 nitrogen and oxygen atoms in total. The van der Waals surface area contributed by atoms with Gasteiger partial charge < -0.3 is 9.88 Å². The van der Waals surface area contributed by atoms with Gasteiger partial charge in [-0.05, 0) is 11.6 Å². The van der Waals surface area contributed by atoms with Crippen LogP contribution < -0.4 is 0 Å². The Morgan fingerprint density at radius 3 is 2.81 bits per heavy atom. The molecule has 1 fully saturated rings. The van der Waals surface area contributed by atoms with E-state index in [-0.39, 0.29) is 18.9 Å². The zero-order valence-electron chi connectivity index (χ0n) is 8.39. The fourth-order valence-electron chi connectivity index (χ4n) is 1.75. The topological polar surface area (TPSA) is 70.2 Å². The van der Waals surface area contributed by atoms with Crippen molar-refractivity contribution in [1.29, 1.82) is 0 Å². The van der Waals surface area contributed by atoms with Gasteiger partial charge in [0.25, 0.3) is 0 Å². The summed E-state index contributed by atoms with van der Waals surface area (Å²) in [6.07, 6.45) is 3.16. The Morgan fingerprint density at radius 2 is 2.31 bits per heavy atom. The monoisotopic (exact) mass is 246 g/mol. The van der Waals surface area contributed by atoms with Crippen LogP contribution in [-0.2, 0) is 21.6 Å². The minimum absolute atomic E-state index is 0.0666. The second kappa shape index (κ2) is 3.89. The van der Waals surface area contributed by atoms with Crippen LogP contribution in [0.4, 0.5) is 3.89 Å². The van der Waals surface area contributed by atoms with E-state index in [2.05, 4.69) is 4.98 Å². The van der Waals surface area contributed by atoms with Crippen molar-refractivity contribution in [3.8, 4) is 0 Å². The van der Waals surface area contributed by atoms with E-state index in [0.717, 1.165) is 5.56 Å². The van der Waals surface area contributed by atoms with Gasteiger partial charge in [-0.3, -0.25) is 4.79 Å². The van der Waals surface area contributed by atoms with Crippen molar-refractivity contribution in [3.63, 3.8) is 0 Å². The van der Waals surface area contributed by atoms with Crippen LogP contribution in [0.3, 0.4) is 0 Å². The molecule has 16 heavy (non-hydrogen) atoms. The molecule has 1 aromatic heterocycles. The number of carbonyl (C=O) groups excluding carboxylic acids is 1. The van der Waals surface area contributed by atoms with Gasteiger partial charge in [0.1, 0.15) is 5.25 Å². The van der Waals surface area contributed by atoms with Gasteiger partial charge in [-0.1, -0.05) is 0 Å². The van der Waals surface area contributed by atoms with Crippen LogP contribution in [0.5, 0.6) is 0 Å². The summed E-state index contributed by atoms with van der Waals surface area (Å²) in [7, 11) is -4.62. The summed E-state index contributed by atoms with van der Waals surface area (Å²) in [5.41, 5.74) is 0.866. The normalized spacial score (nSPS) is 21.7. The lowest BCUT2D eigenvalue weighted by atomic mass is 10.3. The molecule has 0 saturated carbocycles. The molecule has 1 atom stereocenters. The van der Waals surface area contributed by atoms with Crippen LogP contribution in [0.25, 0.3) is 0 Å². The van der Waals surface area contributed by atoms with Gasteiger partial charge in [0, 0.05) is 31.9 Å². The third-order valence-electron chi connectivity index (χ3n) is 2.61. The van der Waals surface area contributed by atoms with Gasteiger partial charge in [-0.15, -0.1) is 3.89 Å². The summed E-state index contributed by atoms with van der Waals surface area (Å²) in [4.78, 5) is 15.6. The summed E-state index contributed by atoms with van der Waals surface area (Å²) in [5.74, 6) is -0.326. The molecule has 1 aliphatic heterocycles. The Morgan fingerprint density at radius 1 is 1.56 bits per heavy atom. The van der Waals surface area contributed by atoms with E-state index < -0.39 is 15.5 Å². The molecule has 1 aromatic rings. The first-order valence-electron chi connectivity index (χ1n) is 4.80. The van der Waals surface area contributed by atoms with Crippen molar-refractivity contribution in [3.05, 3.63) is 24.0 Å². The second-order valence-corrected chi connectivity index (χ2v) is 5.41. The molecule has 0 radical (unpaired) electrons. The number of hydrogen-bond donors (Lipinski definition) is 1. The van der Waals surface area contributed by atoms with Crippen molar-refractivity contribution in [2.45, 2.75) is 18.2 Å². The molecule has 0 aromatic carbocycles. The van der Waals surface area contributed by atoms with Gasteiger partial charge in [0.05, 0.1) is 0 Å².